The molecule has 2 fully saturated rings. The third kappa shape index (κ3) is 6.67. The number of carboxylic acids is 1. The first-order valence-electron chi connectivity index (χ1n) is 11.3. The summed E-state index contributed by atoms with van der Waals surface area (Å²) in [6, 6.07) is 8.36. The van der Waals surface area contributed by atoms with E-state index in [0.717, 1.165) is 30.9 Å². The molecule has 0 aromatic heterocycles. The van der Waals surface area contributed by atoms with E-state index in [1.54, 1.807) is 24.3 Å². The van der Waals surface area contributed by atoms with Gasteiger partial charge in [-0.1, -0.05) is 30.0 Å². The van der Waals surface area contributed by atoms with Gasteiger partial charge in [0.1, 0.15) is 28.3 Å². The summed E-state index contributed by atoms with van der Waals surface area (Å²) in [6.07, 6.45) is 1.39. The first-order valence-corrected chi connectivity index (χ1v) is 12.5. The van der Waals surface area contributed by atoms with E-state index in [9.17, 15) is 18.4 Å². The molecule has 36 heavy (non-hydrogen) atoms. The van der Waals surface area contributed by atoms with Gasteiger partial charge in [-0.3, -0.25) is 19.4 Å². The summed E-state index contributed by atoms with van der Waals surface area (Å²) >= 11 is 6.34. The maximum absolute atomic E-state index is 13.8. The summed E-state index contributed by atoms with van der Waals surface area (Å²) in [6.45, 7) is 4.05. The van der Waals surface area contributed by atoms with Crippen LogP contribution in [0.25, 0.3) is 17.2 Å². The van der Waals surface area contributed by atoms with E-state index in [0.29, 0.717) is 53.7 Å². The number of nitrogens with zero attached hydrogens (tertiary/aromatic N) is 2. The lowest BCUT2D eigenvalue weighted by molar-refractivity contribution is -0.137. The highest BCUT2D eigenvalue weighted by Crippen LogP contribution is 2.36. The average molecular weight is 535 g/mol. The molecule has 0 unspecified atom stereocenters. The number of ether oxygens (including phenoxy) is 2. The van der Waals surface area contributed by atoms with Crippen molar-refractivity contribution >= 4 is 46.3 Å². The number of carbonyl (C=O) groups excluding carboxylic acids is 1. The second-order valence-corrected chi connectivity index (χ2v) is 9.87. The highest BCUT2D eigenvalue weighted by Gasteiger charge is 2.32. The number of amides is 1. The average Bonchev–Trinajstić information content (AvgIpc) is 3.10. The van der Waals surface area contributed by atoms with E-state index < -0.39 is 23.5 Å². The van der Waals surface area contributed by atoms with E-state index in [-0.39, 0.29) is 17.3 Å². The molecule has 2 aliphatic heterocycles. The maximum Gasteiger partial charge on any atom is 0.305 e. The highest BCUT2D eigenvalue weighted by atomic mass is 32.2. The Hall–Kier alpha value is -2.86. The van der Waals surface area contributed by atoms with Crippen molar-refractivity contribution in [3.63, 3.8) is 0 Å². The van der Waals surface area contributed by atoms with Crippen molar-refractivity contribution in [1.82, 2.24) is 9.80 Å². The topological polar surface area (TPSA) is 79.3 Å². The van der Waals surface area contributed by atoms with Gasteiger partial charge < -0.3 is 14.6 Å². The molecule has 7 nitrogen and oxygen atoms in total. The number of carboxylic acid groups (broad SMARTS) is 1. The normalized spacial score (nSPS) is 17.7. The van der Waals surface area contributed by atoms with Crippen LogP contribution >= 0.6 is 24.0 Å². The van der Waals surface area contributed by atoms with Crippen molar-refractivity contribution in [2.45, 2.75) is 6.42 Å². The molecule has 0 radical (unpaired) electrons. The van der Waals surface area contributed by atoms with Crippen molar-refractivity contribution in [2.75, 3.05) is 46.0 Å². The number of hydrogen-bond acceptors (Lipinski definition) is 7. The molecule has 1 amide bonds. The van der Waals surface area contributed by atoms with Gasteiger partial charge in [-0.2, -0.15) is 0 Å². The SMILES string of the molecule is O=C(O)CCN1C(=O)/C(=C/c2cc(-c3cc(F)cc(F)c3)ccc2OCCN2CCOCC2)SC1=S. The van der Waals surface area contributed by atoms with E-state index in [4.69, 9.17) is 26.8 Å². The molecule has 2 aromatic carbocycles. The van der Waals surface area contributed by atoms with E-state index in [1.165, 1.54) is 17.0 Å². The van der Waals surface area contributed by atoms with Gasteiger partial charge in [0.25, 0.3) is 5.91 Å². The zero-order valence-electron chi connectivity index (χ0n) is 19.2. The van der Waals surface area contributed by atoms with Crippen molar-refractivity contribution in [2.24, 2.45) is 0 Å². The molecule has 2 saturated heterocycles. The summed E-state index contributed by atoms with van der Waals surface area (Å²) in [5.41, 5.74) is 1.43. The van der Waals surface area contributed by atoms with Crippen LogP contribution in [0.3, 0.4) is 0 Å². The number of thiocarbonyl (C=S) groups is 1. The van der Waals surface area contributed by atoms with Gasteiger partial charge in [-0.25, -0.2) is 8.78 Å². The van der Waals surface area contributed by atoms with Gasteiger partial charge in [0.05, 0.1) is 24.5 Å². The lowest BCUT2D eigenvalue weighted by Crippen LogP contribution is -2.38. The maximum atomic E-state index is 13.8. The number of rotatable bonds is 9. The largest absolute Gasteiger partial charge is 0.492 e. The third-order valence-corrected chi connectivity index (χ3v) is 7.06. The molecule has 190 valence electrons. The first-order chi connectivity index (χ1) is 17.3. The highest BCUT2D eigenvalue weighted by molar-refractivity contribution is 8.26. The molecule has 2 aromatic rings. The molecule has 0 saturated carbocycles. The fraction of sp³-hybridized carbons (Fsp3) is 0.320. The predicted octanol–water partition coefficient (Wildman–Crippen LogP) is 4.02. The van der Waals surface area contributed by atoms with Crippen molar-refractivity contribution < 1.29 is 33.0 Å². The number of halogens is 2. The molecule has 0 spiro atoms. The summed E-state index contributed by atoms with van der Waals surface area (Å²) < 4.78 is 39.3. The van der Waals surface area contributed by atoms with Crippen LogP contribution in [0, 0.1) is 11.6 Å². The molecule has 0 aliphatic carbocycles. The molecular formula is C25H24F2N2O5S2. The first kappa shape index (κ1) is 26.2. The quantitative estimate of drug-likeness (QED) is 0.382. The Kier molecular flexibility index (Phi) is 8.68. The molecule has 2 aliphatic rings. The minimum absolute atomic E-state index is 0.0249. The summed E-state index contributed by atoms with van der Waals surface area (Å²) in [7, 11) is 0. The minimum atomic E-state index is -1.03. The van der Waals surface area contributed by atoms with Gasteiger partial charge in [0, 0.05) is 37.8 Å². The number of morpholine rings is 1. The van der Waals surface area contributed by atoms with Crippen LogP contribution in [0.5, 0.6) is 5.75 Å². The van der Waals surface area contributed by atoms with E-state index in [1.807, 2.05) is 0 Å². The lowest BCUT2D eigenvalue weighted by atomic mass is 10.0. The predicted molar refractivity (Wildman–Crippen MR) is 137 cm³/mol. The van der Waals surface area contributed by atoms with Crippen LogP contribution in [-0.2, 0) is 14.3 Å². The number of thioether (sulfide) groups is 1. The molecule has 11 heteroatoms. The summed E-state index contributed by atoms with van der Waals surface area (Å²) in [4.78, 5) is 27.6. The van der Waals surface area contributed by atoms with Gasteiger partial charge in [0.15, 0.2) is 0 Å². The molecule has 0 atom stereocenters. The van der Waals surface area contributed by atoms with Crippen LogP contribution in [0.15, 0.2) is 41.3 Å². The summed E-state index contributed by atoms with van der Waals surface area (Å²) in [5, 5.41) is 8.96. The number of carbonyl (C=O) groups is 2. The van der Waals surface area contributed by atoms with Gasteiger partial charge >= 0.3 is 5.97 Å². The zero-order valence-corrected chi connectivity index (χ0v) is 20.9. The Balaban J connectivity index is 1.61. The van der Waals surface area contributed by atoms with Gasteiger partial charge in [-0.15, -0.1) is 0 Å². The number of benzene rings is 2. The standard InChI is InChI=1S/C25H24F2N2O5S2/c26-19-12-17(13-20(27)15-19)16-1-2-21(34-10-7-28-5-8-33-9-6-28)18(11-16)14-22-24(32)29(25(35)36-22)4-3-23(30)31/h1-2,11-15H,3-10H2,(H,30,31)/b22-14-. The number of aliphatic carboxylic acids is 1. The molecular weight excluding hydrogens is 510 g/mol. The fourth-order valence-electron chi connectivity index (χ4n) is 3.84. The van der Waals surface area contributed by atoms with Crippen LogP contribution in [0.4, 0.5) is 8.78 Å². The lowest BCUT2D eigenvalue weighted by Gasteiger charge is -2.26. The van der Waals surface area contributed by atoms with Crippen LogP contribution in [-0.4, -0.2) is 77.1 Å². The zero-order chi connectivity index (χ0) is 25.7. The van der Waals surface area contributed by atoms with Crippen LogP contribution in [0.2, 0.25) is 0 Å². The number of hydrogen-bond donors (Lipinski definition) is 1. The van der Waals surface area contributed by atoms with E-state index in [2.05, 4.69) is 4.90 Å². The van der Waals surface area contributed by atoms with Crippen LogP contribution in [0.1, 0.15) is 12.0 Å². The van der Waals surface area contributed by atoms with Crippen LogP contribution < -0.4 is 4.74 Å². The Morgan fingerprint density at radius 1 is 1.11 bits per heavy atom. The summed E-state index contributed by atoms with van der Waals surface area (Å²) in [5.74, 6) is -2.32. The second-order valence-electron chi connectivity index (χ2n) is 8.19. The molecule has 1 N–H and O–H groups in total. The second kappa shape index (κ2) is 11.9. The molecule has 2 heterocycles. The van der Waals surface area contributed by atoms with Crippen molar-refractivity contribution in [1.29, 1.82) is 0 Å². The molecule has 4 rings (SSSR count). The molecule has 0 bridgehead atoms. The fourth-order valence-corrected chi connectivity index (χ4v) is 5.14. The van der Waals surface area contributed by atoms with Gasteiger partial charge in [0.2, 0.25) is 0 Å². The Morgan fingerprint density at radius 3 is 2.53 bits per heavy atom. The van der Waals surface area contributed by atoms with Gasteiger partial charge in [-0.05, 0) is 41.5 Å². The minimum Gasteiger partial charge on any atom is -0.492 e. The Bertz CT molecular complexity index is 1180. The smallest absolute Gasteiger partial charge is 0.305 e. The Morgan fingerprint density at radius 2 is 1.83 bits per heavy atom. The monoisotopic (exact) mass is 534 g/mol. The van der Waals surface area contributed by atoms with Crippen molar-refractivity contribution in [3.05, 3.63) is 58.5 Å². The Labute approximate surface area is 216 Å². The third-order valence-electron chi connectivity index (χ3n) is 5.68. The van der Waals surface area contributed by atoms with E-state index >= 15 is 0 Å². The van der Waals surface area contributed by atoms with Crippen molar-refractivity contribution in [3.8, 4) is 16.9 Å².